The van der Waals surface area contributed by atoms with Gasteiger partial charge in [0.1, 0.15) is 0 Å². The summed E-state index contributed by atoms with van der Waals surface area (Å²) < 4.78 is 5.62. The zero-order valence-electron chi connectivity index (χ0n) is 9.48. The number of rotatable bonds is 5. The van der Waals surface area contributed by atoms with E-state index >= 15 is 0 Å². The van der Waals surface area contributed by atoms with Crippen LogP contribution in [0.4, 0.5) is 0 Å². The normalized spacial score (nSPS) is 20.9. The average Bonchev–Trinajstić information content (AvgIpc) is 2.37. The van der Waals surface area contributed by atoms with Gasteiger partial charge in [-0.25, -0.2) is 0 Å². The standard InChI is InChI=1S/C12H19N3O/c1-2-11(8-13-4-1)9-14-5-3-12-10-15-6-7-16-12/h1-2,4,8,12,14-15H,3,5-7,9-10H2. The lowest BCUT2D eigenvalue weighted by atomic mass is 10.2. The van der Waals surface area contributed by atoms with Crippen molar-refractivity contribution in [2.75, 3.05) is 26.2 Å². The highest BCUT2D eigenvalue weighted by molar-refractivity contribution is 5.07. The fourth-order valence-electron chi connectivity index (χ4n) is 1.80. The molecule has 1 unspecified atom stereocenters. The molecule has 1 aliphatic rings. The molecule has 88 valence electrons. The van der Waals surface area contributed by atoms with E-state index in [1.54, 1.807) is 6.20 Å². The molecule has 2 N–H and O–H groups in total. The van der Waals surface area contributed by atoms with Crippen LogP contribution >= 0.6 is 0 Å². The number of nitrogens with one attached hydrogen (secondary N) is 2. The molecule has 0 amide bonds. The third-order valence-corrected chi connectivity index (χ3v) is 2.70. The smallest absolute Gasteiger partial charge is 0.0712 e. The zero-order chi connectivity index (χ0) is 11.1. The van der Waals surface area contributed by atoms with Gasteiger partial charge in [-0.05, 0) is 24.6 Å². The highest BCUT2D eigenvalue weighted by Gasteiger charge is 2.11. The lowest BCUT2D eigenvalue weighted by Gasteiger charge is -2.23. The van der Waals surface area contributed by atoms with Gasteiger partial charge in [0.05, 0.1) is 12.7 Å². The molecule has 2 rings (SSSR count). The number of aromatic nitrogens is 1. The van der Waals surface area contributed by atoms with Gasteiger partial charge in [-0.1, -0.05) is 6.07 Å². The van der Waals surface area contributed by atoms with Crippen LogP contribution in [-0.4, -0.2) is 37.3 Å². The maximum atomic E-state index is 5.62. The summed E-state index contributed by atoms with van der Waals surface area (Å²) in [6.07, 6.45) is 5.12. The molecule has 0 aromatic carbocycles. The van der Waals surface area contributed by atoms with Crippen LogP contribution in [0.25, 0.3) is 0 Å². The lowest BCUT2D eigenvalue weighted by Crippen LogP contribution is -2.39. The number of ether oxygens (including phenoxy) is 1. The van der Waals surface area contributed by atoms with E-state index < -0.39 is 0 Å². The van der Waals surface area contributed by atoms with Crippen LogP contribution in [0.15, 0.2) is 24.5 Å². The number of hydrogen-bond donors (Lipinski definition) is 2. The monoisotopic (exact) mass is 221 g/mol. The Bertz CT molecular complexity index is 286. The minimum atomic E-state index is 0.371. The molecule has 1 fully saturated rings. The van der Waals surface area contributed by atoms with Gasteiger partial charge in [-0.15, -0.1) is 0 Å². The van der Waals surface area contributed by atoms with E-state index in [1.807, 2.05) is 12.3 Å². The fraction of sp³-hybridized carbons (Fsp3) is 0.583. The van der Waals surface area contributed by atoms with Crippen molar-refractivity contribution in [3.8, 4) is 0 Å². The van der Waals surface area contributed by atoms with Crippen LogP contribution in [0.2, 0.25) is 0 Å². The molecule has 0 radical (unpaired) electrons. The third kappa shape index (κ3) is 3.89. The highest BCUT2D eigenvalue weighted by atomic mass is 16.5. The highest BCUT2D eigenvalue weighted by Crippen LogP contribution is 2.00. The molecule has 1 atom stereocenters. The Labute approximate surface area is 96.4 Å². The first-order valence-electron chi connectivity index (χ1n) is 5.87. The minimum Gasteiger partial charge on any atom is -0.376 e. The van der Waals surface area contributed by atoms with Gasteiger partial charge in [0.15, 0.2) is 0 Å². The van der Waals surface area contributed by atoms with Crippen LogP contribution < -0.4 is 10.6 Å². The summed E-state index contributed by atoms with van der Waals surface area (Å²) in [5.74, 6) is 0. The van der Waals surface area contributed by atoms with Crippen molar-refractivity contribution in [2.45, 2.75) is 19.1 Å². The SMILES string of the molecule is c1cncc(CNCCC2CNCCO2)c1. The summed E-state index contributed by atoms with van der Waals surface area (Å²) in [5.41, 5.74) is 1.23. The van der Waals surface area contributed by atoms with Crippen LogP contribution in [0, 0.1) is 0 Å². The molecule has 4 nitrogen and oxygen atoms in total. The first-order valence-corrected chi connectivity index (χ1v) is 5.87. The van der Waals surface area contributed by atoms with Gasteiger partial charge in [0.2, 0.25) is 0 Å². The van der Waals surface area contributed by atoms with E-state index in [4.69, 9.17) is 4.74 Å². The van der Waals surface area contributed by atoms with E-state index in [-0.39, 0.29) is 0 Å². The first-order chi connectivity index (χ1) is 7.95. The van der Waals surface area contributed by atoms with Crippen molar-refractivity contribution in [3.05, 3.63) is 30.1 Å². The Morgan fingerprint density at radius 2 is 2.56 bits per heavy atom. The Morgan fingerprint density at radius 1 is 1.56 bits per heavy atom. The molecule has 1 aromatic heterocycles. The second kappa shape index (κ2) is 6.58. The van der Waals surface area contributed by atoms with Gasteiger partial charge in [0.25, 0.3) is 0 Å². The molecule has 2 heterocycles. The van der Waals surface area contributed by atoms with Gasteiger partial charge >= 0.3 is 0 Å². The summed E-state index contributed by atoms with van der Waals surface area (Å²) in [7, 11) is 0. The number of pyridine rings is 1. The van der Waals surface area contributed by atoms with E-state index in [0.717, 1.165) is 39.2 Å². The predicted octanol–water partition coefficient (Wildman–Crippen LogP) is 0.550. The van der Waals surface area contributed by atoms with Gasteiger partial charge in [-0.3, -0.25) is 4.98 Å². The number of nitrogens with zero attached hydrogens (tertiary/aromatic N) is 1. The maximum Gasteiger partial charge on any atom is 0.0712 e. The van der Waals surface area contributed by atoms with E-state index in [1.165, 1.54) is 5.56 Å². The summed E-state index contributed by atoms with van der Waals surface area (Å²) in [5, 5.41) is 6.73. The van der Waals surface area contributed by atoms with Crippen molar-refractivity contribution in [2.24, 2.45) is 0 Å². The van der Waals surface area contributed by atoms with E-state index in [2.05, 4.69) is 21.7 Å². The van der Waals surface area contributed by atoms with Gasteiger partial charge < -0.3 is 15.4 Å². The predicted molar refractivity (Wildman–Crippen MR) is 63.2 cm³/mol. The molecule has 0 bridgehead atoms. The van der Waals surface area contributed by atoms with Crippen LogP contribution in [0.3, 0.4) is 0 Å². The molecular formula is C12H19N3O. The Kier molecular flexibility index (Phi) is 4.73. The molecule has 0 aliphatic carbocycles. The van der Waals surface area contributed by atoms with Gasteiger partial charge in [0, 0.05) is 32.0 Å². The fourth-order valence-corrected chi connectivity index (χ4v) is 1.80. The first kappa shape index (κ1) is 11.5. The summed E-state index contributed by atoms with van der Waals surface area (Å²) in [4.78, 5) is 4.08. The number of hydrogen-bond acceptors (Lipinski definition) is 4. The average molecular weight is 221 g/mol. The van der Waals surface area contributed by atoms with Crippen molar-refractivity contribution in [1.29, 1.82) is 0 Å². The Hall–Kier alpha value is -0.970. The maximum absolute atomic E-state index is 5.62. The van der Waals surface area contributed by atoms with E-state index in [0.29, 0.717) is 6.10 Å². The van der Waals surface area contributed by atoms with Crippen molar-refractivity contribution < 1.29 is 4.74 Å². The van der Waals surface area contributed by atoms with Crippen molar-refractivity contribution in [1.82, 2.24) is 15.6 Å². The molecule has 1 saturated heterocycles. The van der Waals surface area contributed by atoms with Crippen molar-refractivity contribution >= 4 is 0 Å². The lowest BCUT2D eigenvalue weighted by molar-refractivity contribution is 0.0238. The van der Waals surface area contributed by atoms with Crippen LogP contribution in [0.5, 0.6) is 0 Å². The largest absolute Gasteiger partial charge is 0.376 e. The van der Waals surface area contributed by atoms with Crippen LogP contribution in [0.1, 0.15) is 12.0 Å². The zero-order valence-corrected chi connectivity index (χ0v) is 9.48. The van der Waals surface area contributed by atoms with Crippen molar-refractivity contribution in [3.63, 3.8) is 0 Å². The summed E-state index contributed by atoms with van der Waals surface area (Å²) >= 11 is 0. The third-order valence-electron chi connectivity index (χ3n) is 2.70. The molecule has 1 aromatic rings. The second-order valence-corrected chi connectivity index (χ2v) is 4.02. The number of morpholine rings is 1. The minimum absolute atomic E-state index is 0.371. The molecule has 0 spiro atoms. The topological polar surface area (TPSA) is 46.2 Å². The quantitative estimate of drug-likeness (QED) is 0.713. The summed E-state index contributed by atoms with van der Waals surface area (Å²) in [6, 6.07) is 4.05. The molecular weight excluding hydrogens is 202 g/mol. The van der Waals surface area contributed by atoms with Crippen LogP contribution in [-0.2, 0) is 11.3 Å². The molecule has 0 saturated carbocycles. The molecule has 1 aliphatic heterocycles. The summed E-state index contributed by atoms with van der Waals surface area (Å²) in [6.45, 7) is 4.68. The molecule has 4 heteroatoms. The second-order valence-electron chi connectivity index (χ2n) is 4.02. The van der Waals surface area contributed by atoms with E-state index in [9.17, 15) is 0 Å². The Balaban J connectivity index is 1.58. The molecule has 16 heavy (non-hydrogen) atoms. The van der Waals surface area contributed by atoms with Gasteiger partial charge in [-0.2, -0.15) is 0 Å². The Morgan fingerprint density at radius 3 is 3.31 bits per heavy atom.